The second-order valence-corrected chi connectivity index (χ2v) is 5.51. The summed E-state index contributed by atoms with van der Waals surface area (Å²) in [5, 5.41) is 4.73. The van der Waals surface area contributed by atoms with E-state index in [-0.39, 0.29) is 0 Å². The SMILES string of the molecule is c1ccc(Cn2nc([C@@H]3CCOC3)nc2-c2ccoc2)cc1. The maximum Gasteiger partial charge on any atom is 0.161 e. The lowest BCUT2D eigenvalue weighted by Gasteiger charge is -2.04. The third-order valence-electron chi connectivity index (χ3n) is 3.94. The fourth-order valence-electron chi connectivity index (χ4n) is 2.74. The van der Waals surface area contributed by atoms with Crippen LogP contribution in [0, 0.1) is 0 Å². The molecule has 2 aromatic heterocycles. The van der Waals surface area contributed by atoms with E-state index >= 15 is 0 Å². The van der Waals surface area contributed by atoms with Gasteiger partial charge in [0.2, 0.25) is 0 Å². The van der Waals surface area contributed by atoms with Crippen molar-refractivity contribution in [2.24, 2.45) is 0 Å². The van der Waals surface area contributed by atoms with Gasteiger partial charge >= 0.3 is 0 Å². The van der Waals surface area contributed by atoms with E-state index < -0.39 is 0 Å². The summed E-state index contributed by atoms with van der Waals surface area (Å²) in [6.07, 6.45) is 4.36. The van der Waals surface area contributed by atoms with Crippen LogP contribution >= 0.6 is 0 Å². The smallest absolute Gasteiger partial charge is 0.161 e. The summed E-state index contributed by atoms with van der Waals surface area (Å²) in [5.74, 6) is 2.01. The number of hydrogen-bond donors (Lipinski definition) is 0. The van der Waals surface area contributed by atoms with Crippen molar-refractivity contribution in [3.8, 4) is 11.4 Å². The molecule has 0 unspecified atom stereocenters. The summed E-state index contributed by atoms with van der Waals surface area (Å²) in [5.41, 5.74) is 2.15. The van der Waals surface area contributed by atoms with Gasteiger partial charge in [0.1, 0.15) is 6.26 Å². The first-order valence-electron chi connectivity index (χ1n) is 7.49. The Labute approximate surface area is 128 Å². The molecule has 3 heterocycles. The zero-order chi connectivity index (χ0) is 14.8. The molecule has 112 valence electrons. The van der Waals surface area contributed by atoms with Crippen LogP contribution in [-0.2, 0) is 11.3 Å². The molecule has 0 amide bonds. The fourth-order valence-corrected chi connectivity index (χ4v) is 2.74. The highest BCUT2D eigenvalue weighted by Crippen LogP contribution is 2.26. The summed E-state index contributed by atoms with van der Waals surface area (Å²) in [7, 11) is 0. The summed E-state index contributed by atoms with van der Waals surface area (Å²) in [6.45, 7) is 2.20. The number of rotatable bonds is 4. The molecule has 0 saturated carbocycles. The molecule has 1 aromatic carbocycles. The molecule has 0 spiro atoms. The first kappa shape index (κ1) is 13.3. The summed E-state index contributed by atoms with van der Waals surface area (Å²) in [4.78, 5) is 4.74. The number of hydrogen-bond acceptors (Lipinski definition) is 4. The highest BCUT2D eigenvalue weighted by Gasteiger charge is 2.24. The molecule has 4 rings (SSSR count). The van der Waals surface area contributed by atoms with Gasteiger partial charge in [-0.25, -0.2) is 9.67 Å². The minimum Gasteiger partial charge on any atom is -0.472 e. The normalized spacial score (nSPS) is 17.9. The highest BCUT2D eigenvalue weighted by atomic mass is 16.5. The molecule has 0 aliphatic carbocycles. The molecule has 5 heteroatoms. The minimum absolute atomic E-state index is 0.294. The van der Waals surface area contributed by atoms with Crippen LogP contribution in [0.3, 0.4) is 0 Å². The first-order chi connectivity index (χ1) is 10.9. The second kappa shape index (κ2) is 5.77. The van der Waals surface area contributed by atoms with Crippen molar-refractivity contribution in [2.75, 3.05) is 13.2 Å². The van der Waals surface area contributed by atoms with Crippen LogP contribution in [0.5, 0.6) is 0 Å². The average molecular weight is 295 g/mol. The molecule has 1 atom stereocenters. The highest BCUT2D eigenvalue weighted by molar-refractivity contribution is 5.53. The number of benzene rings is 1. The summed E-state index contributed by atoms with van der Waals surface area (Å²) >= 11 is 0. The van der Waals surface area contributed by atoms with Crippen LogP contribution in [0.15, 0.2) is 53.3 Å². The van der Waals surface area contributed by atoms with Gasteiger partial charge in [-0.1, -0.05) is 30.3 Å². The molecular weight excluding hydrogens is 278 g/mol. The molecule has 22 heavy (non-hydrogen) atoms. The lowest BCUT2D eigenvalue weighted by atomic mass is 10.1. The monoisotopic (exact) mass is 295 g/mol. The van der Waals surface area contributed by atoms with Gasteiger partial charge in [0, 0.05) is 12.5 Å². The maximum atomic E-state index is 5.46. The standard InChI is InChI=1S/C17H17N3O2/c1-2-4-13(5-3-1)10-20-17(15-7-9-22-12-15)18-16(19-20)14-6-8-21-11-14/h1-5,7,9,12,14H,6,8,10-11H2/t14-/m1/s1. The van der Waals surface area contributed by atoms with E-state index in [0.717, 1.165) is 30.2 Å². The topological polar surface area (TPSA) is 53.1 Å². The molecule has 5 nitrogen and oxygen atoms in total. The van der Waals surface area contributed by atoms with Gasteiger partial charge < -0.3 is 9.15 Å². The zero-order valence-electron chi connectivity index (χ0n) is 12.2. The van der Waals surface area contributed by atoms with Gasteiger partial charge in [0.25, 0.3) is 0 Å². The van der Waals surface area contributed by atoms with E-state index in [1.54, 1.807) is 12.5 Å². The van der Waals surface area contributed by atoms with Crippen LogP contribution in [0.2, 0.25) is 0 Å². The first-order valence-corrected chi connectivity index (χ1v) is 7.49. The van der Waals surface area contributed by atoms with Crippen LogP contribution in [0.25, 0.3) is 11.4 Å². The van der Waals surface area contributed by atoms with Crippen molar-refractivity contribution in [2.45, 2.75) is 18.9 Å². The van der Waals surface area contributed by atoms with Crippen molar-refractivity contribution >= 4 is 0 Å². The van der Waals surface area contributed by atoms with Gasteiger partial charge in [-0.3, -0.25) is 0 Å². The second-order valence-electron chi connectivity index (χ2n) is 5.51. The van der Waals surface area contributed by atoms with Crippen LogP contribution in [-0.4, -0.2) is 28.0 Å². The molecule has 0 N–H and O–H groups in total. The Morgan fingerprint density at radius 2 is 2.09 bits per heavy atom. The van der Waals surface area contributed by atoms with E-state index in [1.807, 2.05) is 28.9 Å². The summed E-state index contributed by atoms with van der Waals surface area (Å²) < 4.78 is 12.6. The van der Waals surface area contributed by atoms with E-state index in [1.165, 1.54) is 5.56 Å². The number of furan rings is 1. The lowest BCUT2D eigenvalue weighted by molar-refractivity contribution is 0.193. The van der Waals surface area contributed by atoms with Gasteiger partial charge in [0.05, 0.1) is 25.0 Å². The summed E-state index contributed by atoms with van der Waals surface area (Å²) in [6, 6.07) is 12.2. The quantitative estimate of drug-likeness (QED) is 0.742. The van der Waals surface area contributed by atoms with Crippen molar-refractivity contribution in [1.82, 2.24) is 14.8 Å². The van der Waals surface area contributed by atoms with E-state index in [9.17, 15) is 0 Å². The van der Waals surface area contributed by atoms with E-state index in [0.29, 0.717) is 19.1 Å². The van der Waals surface area contributed by atoms with Gasteiger partial charge in [-0.05, 0) is 18.1 Å². The van der Waals surface area contributed by atoms with Gasteiger partial charge in [-0.2, -0.15) is 5.10 Å². The molecule has 1 aliphatic heterocycles. The molecular formula is C17H17N3O2. The molecule has 1 saturated heterocycles. The Morgan fingerprint density at radius 1 is 1.18 bits per heavy atom. The number of nitrogens with zero attached hydrogens (tertiary/aromatic N) is 3. The van der Waals surface area contributed by atoms with Crippen LogP contribution < -0.4 is 0 Å². The molecule has 3 aromatic rings. The van der Waals surface area contributed by atoms with Crippen molar-refractivity contribution in [1.29, 1.82) is 0 Å². The Balaban J connectivity index is 1.71. The largest absolute Gasteiger partial charge is 0.472 e. The Bertz CT molecular complexity index is 729. The third kappa shape index (κ3) is 2.55. The Hall–Kier alpha value is -2.40. The Kier molecular flexibility index (Phi) is 3.48. The maximum absolute atomic E-state index is 5.46. The van der Waals surface area contributed by atoms with Crippen molar-refractivity contribution in [3.05, 3.63) is 60.3 Å². The zero-order valence-corrected chi connectivity index (χ0v) is 12.2. The minimum atomic E-state index is 0.294. The van der Waals surface area contributed by atoms with E-state index in [4.69, 9.17) is 19.2 Å². The van der Waals surface area contributed by atoms with Gasteiger partial charge in [-0.15, -0.1) is 0 Å². The molecule has 1 aliphatic rings. The average Bonchev–Trinajstić information content (AvgIpc) is 3.29. The predicted molar refractivity (Wildman–Crippen MR) is 81.4 cm³/mol. The molecule has 1 fully saturated rings. The van der Waals surface area contributed by atoms with Crippen molar-refractivity contribution in [3.63, 3.8) is 0 Å². The van der Waals surface area contributed by atoms with Crippen molar-refractivity contribution < 1.29 is 9.15 Å². The van der Waals surface area contributed by atoms with E-state index in [2.05, 4.69) is 12.1 Å². The van der Waals surface area contributed by atoms with Crippen LogP contribution in [0.4, 0.5) is 0 Å². The third-order valence-corrected chi connectivity index (χ3v) is 3.94. The molecule has 0 bridgehead atoms. The lowest BCUT2D eigenvalue weighted by Crippen LogP contribution is -2.05. The fraction of sp³-hybridized carbons (Fsp3) is 0.294. The van der Waals surface area contributed by atoms with Crippen LogP contribution in [0.1, 0.15) is 23.7 Å². The number of ether oxygens (including phenoxy) is 1. The van der Waals surface area contributed by atoms with Gasteiger partial charge in [0.15, 0.2) is 11.6 Å². The number of aromatic nitrogens is 3. The Morgan fingerprint density at radius 3 is 2.82 bits per heavy atom. The molecule has 0 radical (unpaired) electrons. The predicted octanol–water partition coefficient (Wildman–Crippen LogP) is 3.09.